The summed E-state index contributed by atoms with van der Waals surface area (Å²) in [6, 6.07) is 0. The molecule has 3 aliphatic carbocycles. The molecule has 3 saturated carbocycles. The van der Waals surface area contributed by atoms with Crippen molar-refractivity contribution in [1.82, 2.24) is 0 Å². The van der Waals surface area contributed by atoms with Gasteiger partial charge in [-0.05, 0) is 85.2 Å². The fourth-order valence-electron chi connectivity index (χ4n) is 8.12. The number of aliphatic hydroxyl groups excluding tert-OH is 1. The lowest BCUT2D eigenvalue weighted by atomic mass is 9.42. The van der Waals surface area contributed by atoms with E-state index in [1.54, 1.807) is 0 Å². The van der Waals surface area contributed by atoms with Crippen LogP contribution in [0, 0.1) is 40.4 Å². The molecule has 0 radical (unpaired) electrons. The van der Waals surface area contributed by atoms with Crippen molar-refractivity contribution in [3.8, 4) is 0 Å². The third-order valence-electron chi connectivity index (χ3n) is 10.3. The molecule has 1 aliphatic heterocycles. The maximum Gasteiger partial charge on any atom is 0.192 e. The van der Waals surface area contributed by atoms with Crippen LogP contribution in [-0.4, -0.2) is 31.9 Å². The number of aliphatic hydroxyl groups is 1. The first-order valence-corrected chi connectivity index (χ1v) is 15.1. The third-order valence-corrected chi connectivity index (χ3v) is 14.8. The van der Waals surface area contributed by atoms with Crippen LogP contribution in [0.1, 0.15) is 80.6 Å². The Morgan fingerprint density at radius 2 is 1.62 bits per heavy atom. The summed E-state index contributed by atoms with van der Waals surface area (Å²) in [5, 5.41) is 11.2. The van der Waals surface area contributed by atoms with Gasteiger partial charge >= 0.3 is 0 Å². The van der Waals surface area contributed by atoms with Gasteiger partial charge in [-0.2, -0.15) is 0 Å². The van der Waals surface area contributed by atoms with Crippen LogP contribution in [0.25, 0.3) is 0 Å². The third kappa shape index (κ3) is 3.30. The van der Waals surface area contributed by atoms with Crippen LogP contribution in [0.5, 0.6) is 0 Å². The van der Waals surface area contributed by atoms with E-state index in [4.69, 9.17) is 9.16 Å². The number of hydrogen-bond acceptors (Lipinski definition) is 3. The van der Waals surface area contributed by atoms with Crippen molar-refractivity contribution in [2.45, 2.75) is 117 Å². The van der Waals surface area contributed by atoms with Crippen LogP contribution >= 0.6 is 0 Å². The molecule has 1 N–H and O–H groups in total. The molecule has 3 nitrogen and oxygen atoms in total. The lowest BCUT2D eigenvalue weighted by Crippen LogP contribution is -2.64. The zero-order valence-corrected chi connectivity index (χ0v) is 21.4. The molecule has 4 aliphatic rings. The Bertz CT molecular complexity index is 642. The van der Waals surface area contributed by atoms with E-state index in [-0.39, 0.29) is 28.1 Å². The second-order valence-electron chi connectivity index (χ2n) is 13.5. The average Bonchev–Trinajstić information content (AvgIpc) is 2.76. The lowest BCUT2D eigenvalue weighted by molar-refractivity contribution is -0.196. The summed E-state index contributed by atoms with van der Waals surface area (Å²) in [5.41, 5.74) is 0.0215. The Hall–Kier alpha value is 0.0969. The van der Waals surface area contributed by atoms with E-state index >= 15 is 0 Å². The Labute approximate surface area is 180 Å². The predicted octanol–water partition coefficient (Wildman–Crippen LogP) is 6.22. The zero-order valence-electron chi connectivity index (χ0n) is 20.4. The van der Waals surface area contributed by atoms with Gasteiger partial charge in [-0.25, -0.2) is 0 Å². The van der Waals surface area contributed by atoms with Crippen LogP contribution in [-0.2, 0) is 9.16 Å². The first-order chi connectivity index (χ1) is 13.2. The van der Waals surface area contributed by atoms with Gasteiger partial charge in [-0.15, -0.1) is 0 Å². The Balaban J connectivity index is 1.77. The second-order valence-corrected chi connectivity index (χ2v) is 18.2. The largest absolute Gasteiger partial charge is 0.414 e. The van der Waals surface area contributed by atoms with Crippen LogP contribution in [0.15, 0.2) is 0 Å². The van der Waals surface area contributed by atoms with Gasteiger partial charge in [0.1, 0.15) is 0 Å². The summed E-state index contributed by atoms with van der Waals surface area (Å²) in [5.74, 6) is 3.45. The number of rotatable bonds is 2. The predicted molar refractivity (Wildman–Crippen MR) is 121 cm³/mol. The standard InChI is InChI=1S/C25H46O3Si/c1-15-10-16(2)18-12-20(28-29(8,9)23(3,4)5)21-24(6,19(18)11-15)13-17-14-25(21,7)22(26)27-17/h15-22,26H,10-14H2,1-9H3/t15-,16+,17+,18+,19+,20-,21-,22?,24-,25+/m0/s1. The SMILES string of the molecule is C[C@H]1C[C@@H](C)[C@H]2C[C@H](O[Si](C)(C)C(C)(C)C)[C@H]3[C@@](C)(C[C@@H]4C[C@@]3(C)C(O)O4)[C@@H]2C1. The highest BCUT2D eigenvalue weighted by atomic mass is 28.4. The summed E-state index contributed by atoms with van der Waals surface area (Å²) in [4.78, 5) is 0. The lowest BCUT2D eigenvalue weighted by Gasteiger charge is -2.64. The Kier molecular flexibility index (Phi) is 5.22. The topological polar surface area (TPSA) is 38.7 Å². The van der Waals surface area contributed by atoms with Crippen molar-refractivity contribution in [3.63, 3.8) is 0 Å². The molecule has 1 saturated heterocycles. The van der Waals surface area contributed by atoms with Crippen molar-refractivity contribution < 1.29 is 14.3 Å². The van der Waals surface area contributed by atoms with E-state index in [0.29, 0.717) is 5.92 Å². The van der Waals surface area contributed by atoms with E-state index in [9.17, 15) is 5.11 Å². The van der Waals surface area contributed by atoms with Crippen molar-refractivity contribution in [2.24, 2.45) is 40.4 Å². The van der Waals surface area contributed by atoms with Gasteiger partial charge in [0.2, 0.25) is 0 Å². The fraction of sp³-hybridized carbons (Fsp3) is 1.00. The minimum Gasteiger partial charge on any atom is -0.414 e. The monoisotopic (exact) mass is 422 g/mol. The molecule has 4 heteroatoms. The second kappa shape index (κ2) is 6.80. The van der Waals surface area contributed by atoms with Crippen LogP contribution in [0.3, 0.4) is 0 Å². The molecule has 29 heavy (non-hydrogen) atoms. The van der Waals surface area contributed by atoms with E-state index in [2.05, 4.69) is 61.6 Å². The van der Waals surface area contributed by atoms with Gasteiger partial charge in [0, 0.05) is 11.5 Å². The molecule has 0 aromatic rings. The molecule has 2 bridgehead atoms. The van der Waals surface area contributed by atoms with Crippen LogP contribution in [0.2, 0.25) is 18.1 Å². The molecule has 0 amide bonds. The summed E-state index contributed by atoms with van der Waals surface area (Å²) in [7, 11) is -1.90. The van der Waals surface area contributed by atoms with Crippen LogP contribution < -0.4 is 0 Å². The highest BCUT2D eigenvalue weighted by molar-refractivity contribution is 6.74. The molecule has 168 valence electrons. The van der Waals surface area contributed by atoms with E-state index in [0.717, 1.165) is 36.5 Å². The summed E-state index contributed by atoms with van der Waals surface area (Å²) in [6.45, 7) is 21.6. The molecular weight excluding hydrogens is 376 g/mol. The summed E-state index contributed by atoms with van der Waals surface area (Å²) in [6.07, 6.45) is 5.80. The molecular formula is C25H46O3Si. The first kappa shape index (κ1) is 22.3. The van der Waals surface area contributed by atoms with E-state index < -0.39 is 14.6 Å². The normalized spacial score (nSPS) is 52.8. The summed E-state index contributed by atoms with van der Waals surface area (Å²) < 4.78 is 13.4. The minimum absolute atomic E-state index is 0.181. The molecule has 1 heterocycles. The summed E-state index contributed by atoms with van der Waals surface area (Å²) >= 11 is 0. The maximum absolute atomic E-state index is 11.0. The number of fused-ring (bicyclic) bond motifs is 6. The quantitative estimate of drug-likeness (QED) is 0.537. The van der Waals surface area contributed by atoms with E-state index in [1.807, 2.05) is 0 Å². The molecule has 10 atom stereocenters. The number of hydrogen-bond donors (Lipinski definition) is 1. The molecule has 1 unspecified atom stereocenters. The average molecular weight is 423 g/mol. The van der Waals surface area contributed by atoms with Gasteiger partial charge in [-0.1, -0.05) is 48.5 Å². The van der Waals surface area contributed by atoms with E-state index in [1.165, 1.54) is 19.3 Å². The molecule has 4 rings (SSSR count). The molecule has 0 aromatic heterocycles. The molecule has 0 aromatic carbocycles. The van der Waals surface area contributed by atoms with Gasteiger partial charge in [0.25, 0.3) is 0 Å². The Morgan fingerprint density at radius 3 is 2.24 bits per heavy atom. The van der Waals surface area contributed by atoms with Crippen molar-refractivity contribution >= 4 is 8.32 Å². The van der Waals surface area contributed by atoms with Crippen molar-refractivity contribution in [3.05, 3.63) is 0 Å². The van der Waals surface area contributed by atoms with Crippen LogP contribution in [0.4, 0.5) is 0 Å². The maximum atomic E-state index is 11.0. The fourth-order valence-corrected chi connectivity index (χ4v) is 9.46. The van der Waals surface area contributed by atoms with Gasteiger partial charge < -0.3 is 14.3 Å². The smallest absolute Gasteiger partial charge is 0.192 e. The highest BCUT2D eigenvalue weighted by Crippen LogP contribution is 2.69. The van der Waals surface area contributed by atoms with Gasteiger partial charge in [-0.3, -0.25) is 0 Å². The Morgan fingerprint density at radius 1 is 1.00 bits per heavy atom. The van der Waals surface area contributed by atoms with Gasteiger partial charge in [0.05, 0.1) is 6.10 Å². The van der Waals surface area contributed by atoms with Crippen molar-refractivity contribution in [2.75, 3.05) is 0 Å². The zero-order chi connectivity index (χ0) is 21.6. The molecule has 4 fully saturated rings. The van der Waals surface area contributed by atoms with Crippen molar-refractivity contribution in [1.29, 1.82) is 0 Å². The first-order valence-electron chi connectivity index (χ1n) is 12.2. The van der Waals surface area contributed by atoms with Gasteiger partial charge in [0.15, 0.2) is 14.6 Å². The minimum atomic E-state index is -1.90. The molecule has 0 spiro atoms. The number of ether oxygens (including phenoxy) is 1. The highest BCUT2D eigenvalue weighted by Gasteiger charge is 2.68.